The summed E-state index contributed by atoms with van der Waals surface area (Å²) in [6, 6.07) is -0.802. The van der Waals surface area contributed by atoms with E-state index in [2.05, 4.69) is 19.2 Å². The summed E-state index contributed by atoms with van der Waals surface area (Å²) < 4.78 is 11.3. The van der Waals surface area contributed by atoms with Crippen LogP contribution in [0, 0.1) is 0 Å². The first-order valence-corrected chi connectivity index (χ1v) is 36.9. The third-order valence-corrected chi connectivity index (χ3v) is 18.1. The average Bonchev–Trinajstić information content (AvgIpc) is 3.52. The smallest absolute Gasteiger partial charge is 0.220 e. The molecule has 0 aromatic rings. The van der Waals surface area contributed by atoms with E-state index in [1.165, 1.54) is 334 Å². The van der Waals surface area contributed by atoms with Crippen molar-refractivity contribution < 1.29 is 39.8 Å². The molecule has 9 heteroatoms. The van der Waals surface area contributed by atoms with Crippen LogP contribution in [-0.2, 0) is 14.3 Å². The van der Waals surface area contributed by atoms with Crippen LogP contribution in [0.3, 0.4) is 0 Å². The van der Waals surface area contributed by atoms with Gasteiger partial charge in [-0.3, -0.25) is 4.79 Å². The molecule has 0 bridgehead atoms. The van der Waals surface area contributed by atoms with E-state index >= 15 is 0 Å². The highest BCUT2D eigenvalue weighted by atomic mass is 16.7. The van der Waals surface area contributed by atoms with Gasteiger partial charge >= 0.3 is 0 Å². The zero-order chi connectivity index (χ0) is 59.3. The lowest BCUT2D eigenvalue weighted by atomic mass is 9.99. The van der Waals surface area contributed by atoms with Gasteiger partial charge in [0.15, 0.2) is 6.29 Å². The first kappa shape index (κ1) is 78.9. The zero-order valence-corrected chi connectivity index (χ0v) is 54.8. The van der Waals surface area contributed by atoms with Crippen LogP contribution in [0.5, 0.6) is 0 Å². The Balaban J connectivity index is 2.08. The summed E-state index contributed by atoms with van der Waals surface area (Å²) in [5, 5.41) is 54.8. The van der Waals surface area contributed by atoms with Crippen LogP contribution in [0.4, 0.5) is 0 Å². The van der Waals surface area contributed by atoms with Gasteiger partial charge in [0, 0.05) is 6.42 Å². The molecule has 7 unspecified atom stereocenters. The first-order valence-electron chi connectivity index (χ1n) is 36.9. The normalized spacial score (nSPS) is 18.3. The minimum atomic E-state index is -1.56. The van der Waals surface area contributed by atoms with Gasteiger partial charge < -0.3 is 40.3 Å². The number of carbonyl (C=O) groups is 1. The Labute approximate surface area is 509 Å². The average molecular weight is 1160 g/mol. The van der Waals surface area contributed by atoms with Crippen molar-refractivity contribution in [2.75, 3.05) is 13.2 Å². The molecule has 1 fully saturated rings. The molecule has 0 aromatic heterocycles. The lowest BCUT2D eigenvalue weighted by molar-refractivity contribution is -0.302. The van der Waals surface area contributed by atoms with E-state index in [1.807, 2.05) is 6.08 Å². The Kier molecular flexibility index (Phi) is 60.6. The van der Waals surface area contributed by atoms with Gasteiger partial charge in [0.2, 0.25) is 5.91 Å². The van der Waals surface area contributed by atoms with E-state index in [0.29, 0.717) is 6.42 Å². The minimum absolute atomic E-state index is 0.166. The number of ether oxygens (including phenoxy) is 2. The molecule has 9 nitrogen and oxygen atoms in total. The molecule has 0 saturated carbocycles. The molecule has 0 spiro atoms. The minimum Gasteiger partial charge on any atom is -0.394 e. The van der Waals surface area contributed by atoms with Crippen molar-refractivity contribution in [2.45, 2.75) is 436 Å². The van der Waals surface area contributed by atoms with Gasteiger partial charge in [-0.2, -0.15) is 0 Å². The third-order valence-electron chi connectivity index (χ3n) is 18.1. The van der Waals surface area contributed by atoms with Crippen molar-refractivity contribution in [3.8, 4) is 0 Å². The van der Waals surface area contributed by atoms with Crippen LogP contribution in [0.15, 0.2) is 12.2 Å². The largest absolute Gasteiger partial charge is 0.394 e. The van der Waals surface area contributed by atoms with Crippen LogP contribution in [0.1, 0.15) is 393 Å². The van der Waals surface area contributed by atoms with E-state index in [0.717, 1.165) is 38.5 Å². The summed E-state index contributed by atoms with van der Waals surface area (Å²) in [6.45, 7) is 3.85. The number of unbranched alkanes of at least 4 members (excludes halogenated alkanes) is 56. The monoisotopic (exact) mass is 1160 g/mol. The summed E-state index contributed by atoms with van der Waals surface area (Å²) in [6.07, 6.45) is 74.8. The van der Waals surface area contributed by atoms with E-state index in [1.54, 1.807) is 6.08 Å². The predicted molar refractivity (Wildman–Crippen MR) is 351 cm³/mol. The molecule has 1 heterocycles. The highest BCUT2D eigenvalue weighted by Gasteiger charge is 2.44. The summed E-state index contributed by atoms with van der Waals surface area (Å²) in [5.74, 6) is -0.166. The van der Waals surface area contributed by atoms with Crippen LogP contribution in [0.25, 0.3) is 0 Å². The molecular formula is C73H143NO8. The maximum atomic E-state index is 13.1. The van der Waals surface area contributed by atoms with Gasteiger partial charge in [-0.05, 0) is 19.3 Å². The summed E-state index contributed by atoms with van der Waals surface area (Å²) >= 11 is 0. The van der Waals surface area contributed by atoms with Crippen molar-refractivity contribution in [1.29, 1.82) is 0 Å². The lowest BCUT2D eigenvalue weighted by Gasteiger charge is -2.40. The second kappa shape index (κ2) is 63.0. The highest BCUT2D eigenvalue weighted by Crippen LogP contribution is 2.24. The molecule has 7 atom stereocenters. The first-order chi connectivity index (χ1) is 40.3. The number of hydrogen-bond acceptors (Lipinski definition) is 8. The van der Waals surface area contributed by atoms with Crippen LogP contribution < -0.4 is 5.32 Å². The molecule has 0 radical (unpaired) electrons. The molecule has 1 saturated heterocycles. The Hall–Kier alpha value is -1.07. The second-order valence-corrected chi connectivity index (χ2v) is 26.1. The quantitative estimate of drug-likeness (QED) is 0.0261. The highest BCUT2D eigenvalue weighted by molar-refractivity contribution is 5.76. The number of hydrogen-bond donors (Lipinski definition) is 6. The van der Waals surface area contributed by atoms with Crippen LogP contribution in [-0.4, -0.2) is 87.5 Å². The summed E-state index contributed by atoms with van der Waals surface area (Å²) in [7, 11) is 0. The summed E-state index contributed by atoms with van der Waals surface area (Å²) in [5.41, 5.74) is 0. The predicted octanol–water partition coefficient (Wildman–Crippen LogP) is 20.3. The molecule has 1 aliphatic heterocycles. The van der Waals surface area contributed by atoms with Crippen molar-refractivity contribution in [3.63, 3.8) is 0 Å². The van der Waals surface area contributed by atoms with Gasteiger partial charge in [0.25, 0.3) is 0 Å². The fraction of sp³-hybridized carbons (Fsp3) is 0.959. The molecular weight excluding hydrogens is 1020 g/mol. The maximum absolute atomic E-state index is 13.1. The molecule has 1 amide bonds. The van der Waals surface area contributed by atoms with Crippen molar-refractivity contribution in [2.24, 2.45) is 0 Å². The Morgan fingerprint density at radius 3 is 0.951 bits per heavy atom. The maximum Gasteiger partial charge on any atom is 0.220 e. The Bertz CT molecular complexity index is 1300. The van der Waals surface area contributed by atoms with Gasteiger partial charge in [-0.15, -0.1) is 0 Å². The molecule has 488 valence electrons. The van der Waals surface area contributed by atoms with E-state index in [4.69, 9.17) is 9.47 Å². The van der Waals surface area contributed by atoms with Crippen molar-refractivity contribution >= 4 is 5.91 Å². The number of rotatable bonds is 66. The number of aliphatic hydroxyl groups excluding tert-OH is 5. The molecule has 6 N–H and O–H groups in total. The molecule has 82 heavy (non-hydrogen) atoms. The lowest BCUT2D eigenvalue weighted by Crippen LogP contribution is -2.60. The SMILES string of the molecule is CCCCCCCCCCCCCCCCCCCCCCCCCC/C=C/C(O)C(COC1OC(CO)C(O)C(O)C1O)NC(=O)CCCCCCCCCCCCCCCCCCCCCCCCCCCCCCCCCCC. The number of aliphatic hydroxyl groups is 5. The van der Waals surface area contributed by atoms with Crippen molar-refractivity contribution in [3.05, 3.63) is 12.2 Å². The topological polar surface area (TPSA) is 149 Å². The van der Waals surface area contributed by atoms with Crippen LogP contribution in [0.2, 0.25) is 0 Å². The Morgan fingerprint density at radius 1 is 0.402 bits per heavy atom. The number of amides is 1. The van der Waals surface area contributed by atoms with Gasteiger partial charge in [-0.1, -0.05) is 379 Å². The molecule has 1 rings (SSSR count). The molecule has 1 aliphatic rings. The van der Waals surface area contributed by atoms with Gasteiger partial charge in [-0.25, -0.2) is 0 Å². The van der Waals surface area contributed by atoms with Crippen molar-refractivity contribution in [1.82, 2.24) is 5.32 Å². The van der Waals surface area contributed by atoms with Crippen LogP contribution >= 0.6 is 0 Å². The second-order valence-electron chi connectivity index (χ2n) is 26.1. The number of carbonyl (C=O) groups excluding carboxylic acids is 1. The van der Waals surface area contributed by atoms with E-state index in [9.17, 15) is 30.3 Å². The zero-order valence-electron chi connectivity index (χ0n) is 54.8. The summed E-state index contributed by atoms with van der Waals surface area (Å²) in [4.78, 5) is 13.1. The fourth-order valence-corrected chi connectivity index (χ4v) is 12.3. The Morgan fingerprint density at radius 2 is 0.671 bits per heavy atom. The van der Waals surface area contributed by atoms with E-state index in [-0.39, 0.29) is 12.5 Å². The molecule has 0 aromatic carbocycles. The fourth-order valence-electron chi connectivity index (χ4n) is 12.3. The number of nitrogens with one attached hydrogen (secondary N) is 1. The number of allylic oxidation sites excluding steroid dienone is 1. The molecule has 0 aliphatic carbocycles. The van der Waals surface area contributed by atoms with Gasteiger partial charge in [0.1, 0.15) is 24.4 Å². The standard InChI is InChI=1S/C73H143NO8/c1-3-5-7-9-11-13-15-17-19-21-23-25-27-29-31-32-33-34-35-36-37-39-41-43-45-47-49-51-53-55-57-59-61-63-69(77)74-66(65-81-73-72(80)71(79)70(78)68(64-75)82-73)67(76)62-60-58-56-54-52-50-48-46-44-42-40-38-30-28-26-24-22-20-18-16-14-12-10-8-6-4-2/h60,62,66-68,70-73,75-76,78-80H,3-59,61,63-65H2,1-2H3,(H,74,77)/b62-60+. The third kappa shape index (κ3) is 51.0. The van der Waals surface area contributed by atoms with Gasteiger partial charge in [0.05, 0.1) is 25.4 Å². The van der Waals surface area contributed by atoms with E-state index < -0.39 is 49.5 Å².